The van der Waals surface area contributed by atoms with Gasteiger partial charge in [0.1, 0.15) is 34.6 Å². The van der Waals surface area contributed by atoms with Gasteiger partial charge in [-0.3, -0.25) is 0 Å². The Kier molecular flexibility index (Phi) is 9.00. The number of unbranched alkanes of at least 4 members (excludes halogenated alkanes) is 2. The first kappa shape index (κ1) is 27.9. The largest absolute Gasteiger partial charge is 0.494 e. The highest BCUT2D eigenvalue weighted by Gasteiger charge is 2.31. The zero-order valence-corrected chi connectivity index (χ0v) is 23.0. The number of benzene rings is 3. The normalized spacial score (nSPS) is 14.2. The number of hydrogen-bond donors (Lipinski definition) is 1. The number of ether oxygens (including phenoxy) is 4. The summed E-state index contributed by atoms with van der Waals surface area (Å²) in [4.78, 5) is 12.5. The van der Waals surface area contributed by atoms with E-state index >= 15 is 0 Å². The Balaban J connectivity index is 1.48. The van der Waals surface area contributed by atoms with Gasteiger partial charge in [-0.2, -0.15) is 5.26 Å². The summed E-state index contributed by atoms with van der Waals surface area (Å²) in [6, 6.07) is 18.4. The van der Waals surface area contributed by atoms with Gasteiger partial charge in [0.05, 0.1) is 12.5 Å². The molecule has 202 valence electrons. The van der Waals surface area contributed by atoms with Crippen LogP contribution in [0.5, 0.6) is 23.0 Å². The van der Waals surface area contributed by atoms with Crippen molar-refractivity contribution in [3.8, 4) is 29.1 Å². The van der Waals surface area contributed by atoms with E-state index in [1.165, 1.54) is 0 Å². The van der Waals surface area contributed by atoms with E-state index < -0.39 is 11.9 Å². The summed E-state index contributed by atoms with van der Waals surface area (Å²) in [6.07, 6.45) is 3.26. The van der Waals surface area contributed by atoms with E-state index in [0.717, 1.165) is 47.3 Å². The molecule has 39 heavy (non-hydrogen) atoms. The Labute approximate surface area is 233 Å². The van der Waals surface area contributed by atoms with Crippen LogP contribution < -0.4 is 24.7 Å². The number of nitriles is 1. The third-order valence-corrected chi connectivity index (χ3v) is 7.02. The predicted octanol–water partition coefficient (Wildman–Crippen LogP) is 6.73. The monoisotopic (exact) mass is 546 g/mol. The highest BCUT2D eigenvalue weighted by molar-refractivity contribution is 6.32. The van der Waals surface area contributed by atoms with Crippen molar-refractivity contribution in [2.75, 3.05) is 13.2 Å². The lowest BCUT2D eigenvalue weighted by Crippen LogP contribution is -2.21. The maximum absolute atomic E-state index is 12.5. The van der Waals surface area contributed by atoms with Gasteiger partial charge in [0, 0.05) is 16.7 Å². The van der Waals surface area contributed by atoms with E-state index in [4.69, 9.17) is 36.3 Å². The Morgan fingerprint density at radius 3 is 2.36 bits per heavy atom. The van der Waals surface area contributed by atoms with Gasteiger partial charge in [0.25, 0.3) is 0 Å². The molecule has 0 amide bonds. The smallest absolute Gasteiger partial charge is 0.349 e. The summed E-state index contributed by atoms with van der Waals surface area (Å²) in [7, 11) is 0. The van der Waals surface area contributed by atoms with Crippen molar-refractivity contribution in [2.45, 2.75) is 46.0 Å². The van der Waals surface area contributed by atoms with Crippen molar-refractivity contribution in [3.63, 3.8) is 0 Å². The molecule has 0 fully saturated rings. The first-order chi connectivity index (χ1) is 18.8. The number of halogens is 1. The zero-order valence-electron chi connectivity index (χ0n) is 22.3. The van der Waals surface area contributed by atoms with E-state index in [1.807, 2.05) is 38.1 Å². The van der Waals surface area contributed by atoms with Crippen molar-refractivity contribution >= 4 is 17.6 Å². The Morgan fingerprint density at radius 1 is 1.00 bits per heavy atom. The van der Waals surface area contributed by atoms with Gasteiger partial charge in [-0.05, 0) is 67.3 Å². The average molecular weight is 547 g/mol. The van der Waals surface area contributed by atoms with Crippen molar-refractivity contribution in [2.24, 2.45) is 5.73 Å². The van der Waals surface area contributed by atoms with Gasteiger partial charge >= 0.3 is 5.97 Å². The summed E-state index contributed by atoms with van der Waals surface area (Å²) in [5.74, 6) is 0.976. The topological polar surface area (TPSA) is 104 Å². The van der Waals surface area contributed by atoms with Crippen LogP contribution in [0.1, 0.15) is 54.4 Å². The van der Waals surface area contributed by atoms with Gasteiger partial charge in [0.2, 0.25) is 5.88 Å². The minimum atomic E-state index is -0.580. The van der Waals surface area contributed by atoms with Crippen molar-refractivity contribution in [1.29, 1.82) is 5.26 Å². The standard InChI is InChI=1S/C31H31ClN2O5/c1-4-5-6-13-36-22-9-7-21(8-10-22)29-25-12-11-23(16-27(25)39-31(34)26(29)17-33)38-28(35)18-37-24-14-19(2)30(32)20(3)15-24/h7-12,14-16,29H,4-6,13,18,34H2,1-3H3. The summed E-state index contributed by atoms with van der Waals surface area (Å²) in [5.41, 5.74) is 9.76. The molecule has 0 aliphatic carbocycles. The molecular formula is C31H31ClN2O5. The second-order valence-corrected chi connectivity index (χ2v) is 9.76. The molecule has 0 spiro atoms. The molecule has 1 atom stereocenters. The molecule has 0 radical (unpaired) electrons. The van der Waals surface area contributed by atoms with Crippen molar-refractivity contribution in [1.82, 2.24) is 0 Å². The molecule has 3 aromatic carbocycles. The summed E-state index contributed by atoms with van der Waals surface area (Å²) >= 11 is 6.20. The number of carbonyl (C=O) groups excluding carboxylic acids is 1. The number of rotatable bonds is 10. The molecule has 1 aliphatic rings. The van der Waals surface area contributed by atoms with E-state index in [9.17, 15) is 10.1 Å². The molecule has 8 heteroatoms. The third kappa shape index (κ3) is 6.65. The van der Waals surface area contributed by atoms with E-state index in [1.54, 1.807) is 30.3 Å². The molecule has 0 saturated heterocycles. The molecule has 0 bridgehead atoms. The maximum Gasteiger partial charge on any atom is 0.349 e. The lowest BCUT2D eigenvalue weighted by atomic mass is 9.83. The minimum absolute atomic E-state index is 0.00943. The van der Waals surface area contributed by atoms with Gasteiger partial charge in [-0.15, -0.1) is 0 Å². The molecule has 3 aromatic rings. The lowest BCUT2D eigenvalue weighted by Gasteiger charge is -2.26. The number of allylic oxidation sites excluding steroid dienone is 1. The van der Waals surface area contributed by atoms with Gasteiger partial charge in [-0.25, -0.2) is 4.79 Å². The van der Waals surface area contributed by atoms with Crippen LogP contribution in [0.3, 0.4) is 0 Å². The highest BCUT2D eigenvalue weighted by atomic mass is 35.5. The van der Waals surface area contributed by atoms with Crippen LogP contribution in [0.4, 0.5) is 0 Å². The van der Waals surface area contributed by atoms with Crippen LogP contribution in [-0.4, -0.2) is 19.2 Å². The lowest BCUT2D eigenvalue weighted by molar-refractivity contribution is -0.136. The quantitative estimate of drug-likeness (QED) is 0.171. The Hall–Kier alpha value is -4.15. The van der Waals surface area contributed by atoms with Gasteiger partial charge in [0.15, 0.2) is 6.61 Å². The molecule has 0 saturated carbocycles. The average Bonchev–Trinajstić information content (AvgIpc) is 2.92. The third-order valence-electron chi connectivity index (χ3n) is 6.42. The number of aryl methyl sites for hydroxylation is 2. The SMILES string of the molecule is CCCCCOc1ccc(C2C(C#N)=C(N)Oc3cc(OC(=O)COc4cc(C)c(Cl)c(C)c4)ccc32)cc1. The second kappa shape index (κ2) is 12.6. The van der Waals surface area contributed by atoms with Crippen molar-refractivity contribution in [3.05, 3.63) is 93.3 Å². The molecule has 4 rings (SSSR count). The van der Waals surface area contributed by atoms with Crippen LogP contribution in [-0.2, 0) is 4.79 Å². The molecule has 2 N–H and O–H groups in total. The summed E-state index contributed by atoms with van der Waals surface area (Å²) in [6.45, 7) is 6.27. The number of nitrogens with zero attached hydrogens (tertiary/aromatic N) is 1. The van der Waals surface area contributed by atoms with Crippen molar-refractivity contribution < 1.29 is 23.7 Å². The van der Waals surface area contributed by atoms with Gasteiger partial charge in [-0.1, -0.05) is 49.6 Å². The number of fused-ring (bicyclic) bond motifs is 1. The molecule has 0 aromatic heterocycles. The molecular weight excluding hydrogens is 516 g/mol. The van der Waals surface area contributed by atoms with Crippen LogP contribution in [0, 0.1) is 25.2 Å². The van der Waals surface area contributed by atoms with Crippen LogP contribution in [0.2, 0.25) is 5.02 Å². The maximum atomic E-state index is 12.5. The number of nitrogens with two attached hydrogens (primary N) is 1. The number of carbonyl (C=O) groups is 1. The van der Waals surface area contributed by atoms with Crippen LogP contribution in [0.25, 0.3) is 0 Å². The second-order valence-electron chi connectivity index (χ2n) is 9.38. The predicted molar refractivity (Wildman–Crippen MR) is 149 cm³/mol. The molecule has 1 aliphatic heterocycles. The first-order valence-corrected chi connectivity index (χ1v) is 13.2. The highest BCUT2D eigenvalue weighted by Crippen LogP contribution is 2.43. The van der Waals surface area contributed by atoms with Crippen LogP contribution >= 0.6 is 11.6 Å². The first-order valence-electron chi connectivity index (χ1n) is 12.8. The number of hydrogen-bond acceptors (Lipinski definition) is 7. The summed E-state index contributed by atoms with van der Waals surface area (Å²) < 4.78 is 22.6. The minimum Gasteiger partial charge on any atom is -0.494 e. The van der Waals surface area contributed by atoms with E-state index in [2.05, 4.69) is 13.0 Å². The fraction of sp³-hybridized carbons (Fsp3) is 0.290. The molecule has 1 unspecified atom stereocenters. The van der Waals surface area contributed by atoms with E-state index in [0.29, 0.717) is 28.7 Å². The van der Waals surface area contributed by atoms with Crippen LogP contribution in [0.15, 0.2) is 66.1 Å². The Morgan fingerprint density at radius 2 is 1.69 bits per heavy atom. The Bertz CT molecular complexity index is 1400. The molecule has 1 heterocycles. The number of esters is 1. The van der Waals surface area contributed by atoms with Gasteiger partial charge < -0.3 is 24.7 Å². The molecule has 7 nitrogen and oxygen atoms in total. The zero-order chi connectivity index (χ0) is 27.9. The summed E-state index contributed by atoms with van der Waals surface area (Å²) in [5, 5.41) is 10.5. The van der Waals surface area contributed by atoms with E-state index in [-0.39, 0.29) is 18.2 Å². The fourth-order valence-corrected chi connectivity index (χ4v) is 4.54. The fourth-order valence-electron chi connectivity index (χ4n) is 4.43.